The zero-order chi connectivity index (χ0) is 10.9. The third-order valence-corrected chi connectivity index (χ3v) is 2.67. The quantitative estimate of drug-likeness (QED) is 0.309. The minimum atomic E-state index is -2.79. The van der Waals surface area contributed by atoms with E-state index in [1.54, 1.807) is 0 Å². The average Bonchev–Trinajstić information content (AvgIpc) is 2.10. The lowest BCUT2D eigenvalue weighted by atomic mass is 10.0. The second kappa shape index (κ2) is 4.51. The van der Waals surface area contributed by atoms with Crippen LogP contribution in [0.5, 0.6) is 0 Å². The summed E-state index contributed by atoms with van der Waals surface area (Å²) >= 11 is 0. The Balaban J connectivity index is 2.69. The molecule has 84 valence electrons. The first-order valence-electron chi connectivity index (χ1n) is 3.93. The molecule has 1 aliphatic rings. The van der Waals surface area contributed by atoms with Crippen molar-refractivity contribution in [3.63, 3.8) is 0 Å². The van der Waals surface area contributed by atoms with Crippen LogP contribution in [-0.2, 0) is 15.4 Å². The molecule has 5 atom stereocenters. The van der Waals surface area contributed by atoms with Gasteiger partial charge in [0.25, 0.3) is 0 Å². The van der Waals surface area contributed by atoms with E-state index in [1.165, 1.54) is 0 Å². The van der Waals surface area contributed by atoms with Gasteiger partial charge in [0.15, 0.2) is 6.29 Å². The summed E-state index contributed by atoms with van der Waals surface area (Å²) in [4.78, 5) is 0. The molecule has 7 nitrogen and oxygen atoms in total. The van der Waals surface area contributed by atoms with Gasteiger partial charge < -0.3 is 25.2 Å². The molecule has 0 spiro atoms. The molecule has 1 unspecified atom stereocenters. The Kier molecular flexibility index (Phi) is 3.81. The highest BCUT2D eigenvalue weighted by atomic mass is 32.2. The summed E-state index contributed by atoms with van der Waals surface area (Å²) in [5.74, 6) is -0.517. The van der Waals surface area contributed by atoms with Gasteiger partial charge in [-0.2, -0.15) is 0 Å². The van der Waals surface area contributed by atoms with Gasteiger partial charge in [0.05, 0.1) is 5.75 Å². The van der Waals surface area contributed by atoms with Gasteiger partial charge in [-0.05, 0) is 0 Å². The molecule has 0 bridgehead atoms. The van der Waals surface area contributed by atoms with Crippen LogP contribution in [0, 0.1) is 0 Å². The van der Waals surface area contributed by atoms with E-state index in [1.807, 2.05) is 0 Å². The Morgan fingerprint density at radius 1 is 1.00 bits per heavy atom. The third kappa shape index (κ3) is 2.41. The van der Waals surface area contributed by atoms with Crippen LogP contribution in [0.4, 0.5) is 0 Å². The Hall–Kier alpha value is -0.250. The Morgan fingerprint density at radius 3 is 2.07 bits per heavy atom. The fraction of sp³-hybridized carbons (Fsp3) is 1.00. The molecule has 0 aliphatic carbocycles. The van der Waals surface area contributed by atoms with Crippen LogP contribution >= 0.6 is 0 Å². The summed E-state index contributed by atoms with van der Waals surface area (Å²) in [6, 6.07) is 0. The van der Waals surface area contributed by atoms with Crippen LogP contribution in [0.1, 0.15) is 0 Å². The van der Waals surface area contributed by atoms with Crippen molar-refractivity contribution >= 4 is 10.7 Å². The predicted molar refractivity (Wildman–Crippen MR) is 44.1 cm³/mol. The monoisotopic (exact) mass is 228 g/mol. The molecule has 14 heavy (non-hydrogen) atoms. The number of hydrogen-bond donors (Lipinski definition) is 5. The topological polar surface area (TPSA) is 124 Å². The van der Waals surface area contributed by atoms with Crippen molar-refractivity contribution in [2.75, 3.05) is 5.75 Å². The zero-order valence-corrected chi connectivity index (χ0v) is 7.95. The zero-order valence-electron chi connectivity index (χ0n) is 7.05. The van der Waals surface area contributed by atoms with Gasteiger partial charge in [0, 0.05) is 0 Å². The van der Waals surface area contributed by atoms with Gasteiger partial charge in [-0.3, -0.25) is 0 Å². The first-order valence-corrected chi connectivity index (χ1v) is 5.29. The highest BCUT2D eigenvalue weighted by Crippen LogP contribution is 2.19. The Labute approximate surface area is 81.5 Å². The minimum absolute atomic E-state index is 0.517. The highest BCUT2D eigenvalue weighted by Gasteiger charge is 2.43. The van der Waals surface area contributed by atoms with Crippen LogP contribution in [0.25, 0.3) is 0 Å². The normalized spacial score (nSPS) is 44.2. The molecular weight excluding hydrogens is 216 g/mol. The Bertz CT molecular complexity index is 257. The lowest BCUT2D eigenvalue weighted by molar-refractivity contribution is -0.276. The largest absolute Gasteiger partial charge is 0.388 e. The minimum Gasteiger partial charge on any atom is -0.388 e. The number of aliphatic hydroxyl groups is 4. The van der Waals surface area contributed by atoms with Gasteiger partial charge in [-0.25, -0.2) is 8.42 Å². The maximum atomic E-state index is 10.3. The van der Waals surface area contributed by atoms with E-state index in [2.05, 4.69) is 4.74 Å². The van der Waals surface area contributed by atoms with E-state index in [9.17, 15) is 13.5 Å². The number of hydrogen-bond acceptors (Lipinski definition) is 7. The van der Waals surface area contributed by atoms with Crippen LogP contribution in [0.3, 0.4) is 0 Å². The summed E-state index contributed by atoms with van der Waals surface area (Å²) in [7, 11) is -2.79. The molecule has 0 aromatic rings. The molecular formula is C6H12O7S. The summed E-state index contributed by atoms with van der Waals surface area (Å²) in [6.45, 7) is 0. The molecule has 0 aromatic carbocycles. The highest BCUT2D eigenvalue weighted by molar-refractivity contribution is 7.72. The van der Waals surface area contributed by atoms with Crippen molar-refractivity contribution in [2.45, 2.75) is 30.7 Å². The lowest BCUT2D eigenvalue weighted by Crippen LogP contribution is -2.58. The smallest absolute Gasteiger partial charge is 0.183 e. The second-order valence-corrected chi connectivity index (χ2v) is 4.08. The van der Waals surface area contributed by atoms with E-state index in [-0.39, 0.29) is 0 Å². The standard InChI is InChI=1S/C6H12O7S/c7-3-2(1-14(11)12)13-6(10)5(9)4(3)8/h2-10,14H,1H2/t2-,3-,4+,5-,6?/m1/s1. The molecule has 1 aliphatic heterocycles. The molecule has 1 saturated heterocycles. The van der Waals surface area contributed by atoms with Crippen molar-refractivity contribution in [1.82, 2.24) is 0 Å². The van der Waals surface area contributed by atoms with Gasteiger partial charge in [0.2, 0.25) is 0 Å². The average molecular weight is 228 g/mol. The first-order chi connectivity index (χ1) is 6.43. The van der Waals surface area contributed by atoms with Gasteiger partial charge >= 0.3 is 0 Å². The third-order valence-electron chi connectivity index (χ3n) is 2.02. The van der Waals surface area contributed by atoms with Crippen LogP contribution < -0.4 is 0 Å². The van der Waals surface area contributed by atoms with Crippen molar-refractivity contribution in [3.8, 4) is 0 Å². The fourth-order valence-corrected chi connectivity index (χ4v) is 1.82. The van der Waals surface area contributed by atoms with Crippen LogP contribution in [0.15, 0.2) is 0 Å². The molecule has 0 saturated carbocycles. The van der Waals surface area contributed by atoms with E-state index < -0.39 is 47.2 Å². The van der Waals surface area contributed by atoms with E-state index in [0.717, 1.165) is 0 Å². The number of thiol groups is 1. The van der Waals surface area contributed by atoms with Crippen molar-refractivity contribution in [1.29, 1.82) is 0 Å². The fourth-order valence-electron chi connectivity index (χ4n) is 1.23. The first kappa shape index (κ1) is 11.8. The number of ether oxygens (including phenoxy) is 1. The van der Waals surface area contributed by atoms with Gasteiger partial charge in [-0.1, -0.05) is 0 Å². The van der Waals surface area contributed by atoms with Crippen molar-refractivity contribution < 1.29 is 33.6 Å². The predicted octanol–water partition coefficient (Wildman–Crippen LogP) is -3.60. The lowest BCUT2D eigenvalue weighted by Gasteiger charge is -2.37. The molecule has 8 heteroatoms. The molecule has 0 aromatic heterocycles. The maximum absolute atomic E-state index is 10.3. The van der Waals surface area contributed by atoms with Gasteiger partial charge in [-0.15, -0.1) is 0 Å². The number of aliphatic hydroxyl groups excluding tert-OH is 4. The second-order valence-electron chi connectivity index (χ2n) is 3.05. The van der Waals surface area contributed by atoms with Gasteiger partial charge in [0.1, 0.15) is 35.1 Å². The van der Waals surface area contributed by atoms with Crippen molar-refractivity contribution in [2.24, 2.45) is 0 Å². The summed E-state index contributed by atoms with van der Waals surface area (Å²) in [5.41, 5.74) is 0. The van der Waals surface area contributed by atoms with E-state index >= 15 is 0 Å². The molecule has 4 N–H and O–H groups in total. The summed E-state index contributed by atoms with van der Waals surface area (Å²) in [6.07, 6.45) is -7.68. The molecule has 1 rings (SSSR count). The number of rotatable bonds is 2. The van der Waals surface area contributed by atoms with Crippen LogP contribution in [0.2, 0.25) is 0 Å². The molecule has 0 amide bonds. The summed E-state index contributed by atoms with van der Waals surface area (Å²) in [5, 5.41) is 36.5. The maximum Gasteiger partial charge on any atom is 0.183 e. The SMILES string of the molecule is O=[SH](=O)C[C@H]1OC(O)[C@H](O)[C@@H](O)[C@@H]1O. The molecule has 1 fully saturated rings. The Morgan fingerprint density at radius 2 is 1.57 bits per heavy atom. The summed E-state index contributed by atoms with van der Waals surface area (Å²) < 4.78 is 25.3. The molecule has 0 radical (unpaired) electrons. The van der Waals surface area contributed by atoms with E-state index in [4.69, 9.17) is 15.3 Å². The van der Waals surface area contributed by atoms with E-state index in [0.29, 0.717) is 0 Å². The molecule has 1 heterocycles. The van der Waals surface area contributed by atoms with Crippen LogP contribution in [-0.4, -0.2) is 65.3 Å². The van der Waals surface area contributed by atoms with Crippen molar-refractivity contribution in [3.05, 3.63) is 0 Å².